The number of hydrogen-bond acceptors (Lipinski definition) is 4. The van der Waals surface area contributed by atoms with Gasteiger partial charge in [0.05, 0.1) is 11.3 Å². The second kappa shape index (κ2) is 7.72. The molecule has 0 spiro atoms. The molecule has 0 unspecified atom stereocenters. The lowest BCUT2D eigenvalue weighted by Gasteiger charge is -2.29. The van der Waals surface area contributed by atoms with Crippen LogP contribution in [0.4, 0.5) is 0 Å². The van der Waals surface area contributed by atoms with E-state index in [1.54, 1.807) is 6.07 Å². The van der Waals surface area contributed by atoms with Crippen LogP contribution in [0.5, 0.6) is 5.75 Å². The smallest absolute Gasteiger partial charge is 0.251 e. The lowest BCUT2D eigenvalue weighted by atomic mass is 9.86. The number of aromatic nitrogens is 1. The third-order valence-electron chi connectivity index (χ3n) is 5.09. The predicted octanol–water partition coefficient (Wildman–Crippen LogP) is 4.18. The van der Waals surface area contributed by atoms with Gasteiger partial charge in [0, 0.05) is 11.6 Å². The highest BCUT2D eigenvalue weighted by Crippen LogP contribution is 2.24. The van der Waals surface area contributed by atoms with Crippen LogP contribution in [0.2, 0.25) is 0 Å². The summed E-state index contributed by atoms with van der Waals surface area (Å²) in [5.41, 5.74) is 2.41. The van der Waals surface area contributed by atoms with Crippen molar-refractivity contribution in [3.63, 3.8) is 0 Å². The zero-order valence-electron chi connectivity index (χ0n) is 15.2. The Kier molecular flexibility index (Phi) is 5.41. The molecule has 2 atom stereocenters. The summed E-state index contributed by atoms with van der Waals surface area (Å²) in [5, 5.41) is 7.11. The van der Waals surface area contributed by atoms with E-state index in [0.717, 1.165) is 23.4 Å². The molecular weight excluding hydrogens is 316 g/mol. The first-order valence-corrected chi connectivity index (χ1v) is 9.00. The monoisotopic (exact) mass is 342 g/mol. The molecule has 2 aromatic rings. The SMILES string of the molecule is Cc1noc(C)c1COc1cccc(C(=O)N[C@H]2CCCC[C@H]2C)c1. The van der Waals surface area contributed by atoms with E-state index in [0.29, 0.717) is 23.8 Å². The highest BCUT2D eigenvalue weighted by atomic mass is 16.5. The van der Waals surface area contributed by atoms with Crippen molar-refractivity contribution < 1.29 is 14.1 Å². The summed E-state index contributed by atoms with van der Waals surface area (Å²) in [6, 6.07) is 7.60. The van der Waals surface area contributed by atoms with Crippen LogP contribution in [0.15, 0.2) is 28.8 Å². The molecule has 5 nitrogen and oxygen atoms in total. The van der Waals surface area contributed by atoms with Crippen LogP contribution < -0.4 is 10.1 Å². The zero-order valence-corrected chi connectivity index (χ0v) is 15.2. The average molecular weight is 342 g/mol. The molecule has 3 rings (SSSR count). The average Bonchev–Trinajstić information content (AvgIpc) is 2.93. The maximum absolute atomic E-state index is 12.6. The Morgan fingerprint density at radius 2 is 2.12 bits per heavy atom. The van der Waals surface area contributed by atoms with Crippen LogP contribution >= 0.6 is 0 Å². The summed E-state index contributed by atoms with van der Waals surface area (Å²) >= 11 is 0. The van der Waals surface area contributed by atoms with Crippen LogP contribution in [0.1, 0.15) is 60.0 Å². The maximum Gasteiger partial charge on any atom is 0.251 e. The van der Waals surface area contributed by atoms with Crippen molar-refractivity contribution in [2.75, 3.05) is 0 Å². The van der Waals surface area contributed by atoms with E-state index in [1.807, 2.05) is 32.0 Å². The molecule has 0 saturated heterocycles. The Balaban J connectivity index is 1.63. The third-order valence-corrected chi connectivity index (χ3v) is 5.09. The first kappa shape index (κ1) is 17.5. The van der Waals surface area contributed by atoms with E-state index >= 15 is 0 Å². The van der Waals surface area contributed by atoms with E-state index in [4.69, 9.17) is 9.26 Å². The quantitative estimate of drug-likeness (QED) is 0.885. The van der Waals surface area contributed by atoms with Crippen molar-refractivity contribution in [2.45, 2.75) is 59.1 Å². The molecule has 5 heteroatoms. The molecule has 1 saturated carbocycles. The van der Waals surface area contributed by atoms with E-state index in [-0.39, 0.29) is 11.9 Å². The van der Waals surface area contributed by atoms with E-state index in [9.17, 15) is 4.79 Å². The first-order chi connectivity index (χ1) is 12.0. The van der Waals surface area contributed by atoms with Crippen LogP contribution in [0.25, 0.3) is 0 Å². The zero-order chi connectivity index (χ0) is 17.8. The number of aryl methyl sites for hydroxylation is 2. The number of amides is 1. The molecule has 0 aliphatic heterocycles. The van der Waals surface area contributed by atoms with Crippen molar-refractivity contribution in [1.82, 2.24) is 10.5 Å². The minimum Gasteiger partial charge on any atom is -0.489 e. The van der Waals surface area contributed by atoms with Gasteiger partial charge in [0.1, 0.15) is 18.1 Å². The Bertz CT molecular complexity index is 719. The number of carbonyl (C=O) groups is 1. The van der Waals surface area contributed by atoms with Gasteiger partial charge in [-0.2, -0.15) is 0 Å². The Labute approximate surface area is 148 Å². The summed E-state index contributed by atoms with van der Waals surface area (Å²) in [5.74, 6) is 1.94. The van der Waals surface area contributed by atoms with Gasteiger partial charge in [-0.25, -0.2) is 0 Å². The second-order valence-corrected chi connectivity index (χ2v) is 6.96. The fraction of sp³-hybridized carbons (Fsp3) is 0.500. The number of hydrogen-bond donors (Lipinski definition) is 1. The van der Waals surface area contributed by atoms with Crippen molar-refractivity contribution in [3.8, 4) is 5.75 Å². The topological polar surface area (TPSA) is 64.4 Å². The van der Waals surface area contributed by atoms with Gasteiger partial charge in [-0.05, 0) is 50.8 Å². The van der Waals surface area contributed by atoms with Gasteiger partial charge in [-0.1, -0.05) is 31.0 Å². The number of carbonyl (C=O) groups excluding carboxylic acids is 1. The molecule has 1 fully saturated rings. The van der Waals surface area contributed by atoms with E-state index in [2.05, 4.69) is 17.4 Å². The second-order valence-electron chi connectivity index (χ2n) is 6.96. The van der Waals surface area contributed by atoms with Gasteiger partial charge < -0.3 is 14.6 Å². The molecule has 0 radical (unpaired) electrons. The van der Waals surface area contributed by atoms with Crippen LogP contribution in [-0.2, 0) is 6.61 Å². The van der Waals surface area contributed by atoms with Crippen molar-refractivity contribution in [2.24, 2.45) is 5.92 Å². The third kappa shape index (κ3) is 4.21. The first-order valence-electron chi connectivity index (χ1n) is 9.00. The molecule has 134 valence electrons. The number of nitrogens with zero attached hydrogens (tertiary/aromatic N) is 1. The number of rotatable bonds is 5. The summed E-state index contributed by atoms with van der Waals surface area (Å²) in [6.45, 7) is 6.36. The van der Waals surface area contributed by atoms with E-state index < -0.39 is 0 Å². The minimum atomic E-state index is -0.0264. The van der Waals surface area contributed by atoms with Gasteiger partial charge >= 0.3 is 0 Å². The Morgan fingerprint density at radius 1 is 1.32 bits per heavy atom. The maximum atomic E-state index is 12.6. The molecule has 1 N–H and O–H groups in total. The molecule has 1 aliphatic carbocycles. The van der Waals surface area contributed by atoms with Crippen LogP contribution in [0, 0.1) is 19.8 Å². The normalized spacial score (nSPS) is 20.3. The fourth-order valence-electron chi connectivity index (χ4n) is 3.37. The Hall–Kier alpha value is -2.30. The lowest BCUT2D eigenvalue weighted by molar-refractivity contribution is 0.0909. The summed E-state index contributed by atoms with van der Waals surface area (Å²) in [6.07, 6.45) is 4.70. The van der Waals surface area contributed by atoms with Gasteiger partial charge in [-0.3, -0.25) is 4.79 Å². The predicted molar refractivity (Wildman–Crippen MR) is 95.6 cm³/mol. The molecule has 1 aromatic heterocycles. The molecule has 0 bridgehead atoms. The van der Waals surface area contributed by atoms with Gasteiger partial charge in [0.25, 0.3) is 5.91 Å². The largest absolute Gasteiger partial charge is 0.489 e. The number of nitrogens with one attached hydrogen (secondary N) is 1. The molecule has 1 heterocycles. The lowest BCUT2D eigenvalue weighted by Crippen LogP contribution is -2.41. The van der Waals surface area contributed by atoms with Gasteiger partial charge in [0.15, 0.2) is 0 Å². The molecular formula is C20H26N2O3. The summed E-state index contributed by atoms with van der Waals surface area (Å²) in [7, 11) is 0. The number of benzene rings is 1. The van der Waals surface area contributed by atoms with Crippen molar-refractivity contribution >= 4 is 5.91 Å². The standard InChI is InChI=1S/C20H26N2O3/c1-13-7-4-5-10-19(13)21-20(23)16-8-6-9-17(11-16)24-12-18-14(2)22-25-15(18)3/h6,8-9,11,13,19H,4-5,7,10,12H2,1-3H3,(H,21,23)/t13-,19+/m1/s1. The fourth-order valence-corrected chi connectivity index (χ4v) is 3.37. The highest BCUT2D eigenvalue weighted by Gasteiger charge is 2.23. The summed E-state index contributed by atoms with van der Waals surface area (Å²) < 4.78 is 11.0. The molecule has 25 heavy (non-hydrogen) atoms. The molecule has 1 aliphatic rings. The van der Waals surface area contributed by atoms with Crippen LogP contribution in [0.3, 0.4) is 0 Å². The van der Waals surface area contributed by atoms with Crippen molar-refractivity contribution in [1.29, 1.82) is 0 Å². The minimum absolute atomic E-state index is 0.0264. The Morgan fingerprint density at radius 3 is 2.84 bits per heavy atom. The van der Waals surface area contributed by atoms with E-state index in [1.165, 1.54) is 19.3 Å². The van der Waals surface area contributed by atoms with Crippen LogP contribution in [-0.4, -0.2) is 17.1 Å². The summed E-state index contributed by atoms with van der Waals surface area (Å²) in [4.78, 5) is 12.6. The highest BCUT2D eigenvalue weighted by molar-refractivity contribution is 5.94. The van der Waals surface area contributed by atoms with Gasteiger partial charge in [-0.15, -0.1) is 0 Å². The molecule has 1 aromatic carbocycles. The van der Waals surface area contributed by atoms with Crippen molar-refractivity contribution in [3.05, 3.63) is 46.8 Å². The number of ether oxygens (including phenoxy) is 1. The molecule has 1 amide bonds. The van der Waals surface area contributed by atoms with Gasteiger partial charge in [0.2, 0.25) is 0 Å².